The molecule has 18 nitrogen and oxygen atoms in total. The normalized spacial score (nSPS) is 15.7. The first-order valence-electron chi connectivity index (χ1n) is 30.1. The van der Waals surface area contributed by atoms with Crippen LogP contribution in [0.15, 0.2) is 91.8 Å². The molecular formula is C64H75Cl6N15O3. The maximum Gasteiger partial charge on any atom is 0.162 e. The molecule has 1 aliphatic carbocycles. The van der Waals surface area contributed by atoms with Gasteiger partial charge in [0.2, 0.25) is 0 Å². The van der Waals surface area contributed by atoms with E-state index in [0.717, 1.165) is 161 Å². The molecule has 0 radical (unpaired) electrons. The molecule has 3 aliphatic heterocycles. The first kappa shape index (κ1) is 63.6. The highest BCUT2D eigenvalue weighted by atomic mass is 35.5. The molecular weight excluding hydrogens is 1240 g/mol. The third-order valence-corrected chi connectivity index (χ3v) is 18.1. The summed E-state index contributed by atoms with van der Waals surface area (Å²) >= 11 is 38.1. The number of anilines is 6. The molecule has 24 heteroatoms. The molecule has 4 fully saturated rings. The number of halogens is 6. The number of nitrogens with one attached hydrogen (secondary N) is 3. The number of hydrogen-bond donors (Lipinski definition) is 6. The molecule has 0 spiro atoms. The zero-order valence-electron chi connectivity index (χ0n) is 49.7. The summed E-state index contributed by atoms with van der Waals surface area (Å²) in [5, 5.41) is 14.4. The predicted molar refractivity (Wildman–Crippen MR) is 364 cm³/mol. The lowest BCUT2D eigenvalue weighted by molar-refractivity contribution is 0.122. The van der Waals surface area contributed by atoms with E-state index in [9.17, 15) is 0 Å². The summed E-state index contributed by atoms with van der Waals surface area (Å²) in [5.41, 5.74) is 32.8. The molecule has 0 amide bonds. The number of rotatable bonds is 15. The van der Waals surface area contributed by atoms with Crippen molar-refractivity contribution in [2.24, 2.45) is 17.2 Å². The van der Waals surface area contributed by atoms with Crippen molar-refractivity contribution in [3.05, 3.63) is 139 Å². The topological polar surface area (TPSA) is 203 Å². The Bertz CT molecular complexity index is 3910. The van der Waals surface area contributed by atoms with Crippen molar-refractivity contribution < 1.29 is 14.2 Å². The van der Waals surface area contributed by atoms with E-state index < -0.39 is 0 Å². The van der Waals surface area contributed by atoms with Gasteiger partial charge in [-0.15, -0.1) is 0 Å². The van der Waals surface area contributed by atoms with Crippen LogP contribution in [0.3, 0.4) is 0 Å². The Hall–Kier alpha value is -5.97. The quantitative estimate of drug-likeness (QED) is 0.0565. The van der Waals surface area contributed by atoms with Gasteiger partial charge in [-0.2, -0.15) is 0 Å². The van der Waals surface area contributed by atoms with Crippen LogP contribution in [0.5, 0.6) is 0 Å². The summed E-state index contributed by atoms with van der Waals surface area (Å²) in [6.45, 7) is 17.4. The van der Waals surface area contributed by atoms with Crippen LogP contribution in [-0.2, 0) is 33.8 Å². The van der Waals surface area contributed by atoms with Gasteiger partial charge in [0, 0.05) is 176 Å². The van der Waals surface area contributed by atoms with E-state index in [0.29, 0.717) is 82.2 Å². The van der Waals surface area contributed by atoms with Crippen LogP contribution in [0.1, 0.15) is 63.1 Å². The highest BCUT2D eigenvalue weighted by molar-refractivity contribution is 6.37. The standard InChI is InChI=1S/C23H27Cl2N5O.C21H25Cl2N5O.C20H23Cl2N5O/c24-15-5-6-17(20(25)11-15)19-14-30-21(29-7-9-31-10-8-29)13-27-23(30)22(18(19)12-26)28-16-3-1-2-4-16;1-13(2)26-20-16(10-24)17(15-4-3-14(22)9-18(15)23)12-28-19(11-25-21(20)28)27-5-7-29-8-6-27;1-2-24-19-15(10-23)16(14-4-3-13(21)9-17(14)22)12-27-18(11-25-20(19)27)26-5-7-28-8-6-26/h5-6,11,13-14,16,28H,1-4,7-10,12,26H2;3-4,9,11-13,26H,5-8,10,24H2,1-2H3;3-4,9,11-12,24H,2,5-8,10,23H2,1H3. The second-order valence-electron chi connectivity index (χ2n) is 22.4. The molecule has 9 N–H and O–H groups in total. The lowest BCUT2D eigenvalue weighted by atomic mass is 9.99. The summed E-state index contributed by atoms with van der Waals surface area (Å²) in [5.74, 6) is 3.13. The molecule has 4 aliphatic rings. The number of benzene rings is 3. The summed E-state index contributed by atoms with van der Waals surface area (Å²) in [6, 6.07) is 17.4. The van der Waals surface area contributed by atoms with Crippen LogP contribution in [0.4, 0.5) is 34.5 Å². The molecule has 9 aromatic rings. The van der Waals surface area contributed by atoms with E-state index in [2.05, 4.69) is 83.2 Å². The Labute approximate surface area is 543 Å². The average molecular weight is 1320 g/mol. The fraction of sp³-hybridized carbons (Fsp3) is 0.391. The second-order valence-corrected chi connectivity index (χ2v) is 24.9. The van der Waals surface area contributed by atoms with Crippen LogP contribution in [-0.4, -0.2) is 126 Å². The molecule has 466 valence electrons. The number of nitrogens with zero attached hydrogens (tertiary/aromatic N) is 9. The van der Waals surface area contributed by atoms with E-state index in [1.54, 1.807) is 18.2 Å². The van der Waals surface area contributed by atoms with Crippen molar-refractivity contribution >= 4 is 121 Å². The van der Waals surface area contributed by atoms with Crippen LogP contribution >= 0.6 is 69.6 Å². The van der Waals surface area contributed by atoms with Gasteiger partial charge in [0.05, 0.1) is 75.3 Å². The maximum absolute atomic E-state index is 6.63. The molecule has 0 bridgehead atoms. The van der Waals surface area contributed by atoms with Gasteiger partial charge in [-0.05, 0) is 70.0 Å². The Morgan fingerprint density at radius 3 is 1.17 bits per heavy atom. The number of hydrogen-bond acceptors (Lipinski definition) is 15. The lowest BCUT2D eigenvalue weighted by Gasteiger charge is -2.28. The number of aromatic nitrogens is 6. The highest BCUT2D eigenvalue weighted by Crippen LogP contribution is 2.43. The Balaban J connectivity index is 0.000000137. The summed E-state index contributed by atoms with van der Waals surface area (Å²) in [4.78, 5) is 21.2. The predicted octanol–water partition coefficient (Wildman–Crippen LogP) is 13.4. The van der Waals surface area contributed by atoms with E-state index in [1.165, 1.54) is 25.7 Å². The lowest BCUT2D eigenvalue weighted by Crippen LogP contribution is -2.36. The summed E-state index contributed by atoms with van der Waals surface area (Å²) in [7, 11) is 0. The van der Waals surface area contributed by atoms with Crippen LogP contribution in [0, 0.1) is 0 Å². The number of ether oxygens (including phenoxy) is 3. The Morgan fingerprint density at radius 1 is 0.489 bits per heavy atom. The van der Waals surface area contributed by atoms with Gasteiger partial charge in [-0.3, -0.25) is 13.2 Å². The average Bonchev–Trinajstić information content (AvgIpc) is 1.60. The smallest absolute Gasteiger partial charge is 0.162 e. The zero-order chi connectivity index (χ0) is 61.6. The fourth-order valence-corrected chi connectivity index (χ4v) is 13.7. The maximum atomic E-state index is 6.63. The highest BCUT2D eigenvalue weighted by Gasteiger charge is 2.27. The van der Waals surface area contributed by atoms with Crippen molar-refractivity contribution in [3.63, 3.8) is 0 Å². The van der Waals surface area contributed by atoms with Crippen molar-refractivity contribution in [3.8, 4) is 33.4 Å². The van der Waals surface area contributed by atoms with Gasteiger partial charge in [0.15, 0.2) is 16.9 Å². The monoisotopic (exact) mass is 1310 g/mol. The SMILES string of the molecule is CC(C)Nc1c(CN)c(-c2ccc(Cl)cc2Cl)cn2c(N3CCOCC3)cnc12.CCNc1c(CN)c(-c2ccc(Cl)cc2Cl)cn2c(N3CCOCC3)cnc12.NCc1c(-c2ccc(Cl)cc2Cl)cn2c(N3CCOCC3)cnc2c1NC1CCCC1. The van der Waals surface area contributed by atoms with Gasteiger partial charge in [-0.25, -0.2) is 15.0 Å². The number of imidazole rings is 3. The first-order chi connectivity index (χ1) is 42.8. The Morgan fingerprint density at radius 2 is 0.830 bits per heavy atom. The van der Waals surface area contributed by atoms with Crippen molar-refractivity contribution in [1.29, 1.82) is 0 Å². The summed E-state index contributed by atoms with van der Waals surface area (Å²) < 4.78 is 23.0. The number of pyridine rings is 3. The number of fused-ring (bicyclic) bond motifs is 3. The van der Waals surface area contributed by atoms with Crippen LogP contribution < -0.4 is 47.9 Å². The van der Waals surface area contributed by atoms with Crippen LogP contribution in [0.25, 0.3) is 50.3 Å². The largest absolute Gasteiger partial charge is 0.382 e. The third kappa shape index (κ3) is 13.6. The molecule has 0 unspecified atom stereocenters. The van der Waals surface area contributed by atoms with Gasteiger partial charge >= 0.3 is 0 Å². The van der Waals surface area contributed by atoms with E-state index in [4.69, 9.17) is 116 Å². The molecule has 88 heavy (non-hydrogen) atoms. The van der Waals surface area contributed by atoms with Gasteiger partial charge < -0.3 is 62.1 Å². The third-order valence-electron chi connectivity index (χ3n) is 16.4. The molecule has 0 atom stereocenters. The van der Waals surface area contributed by atoms with Crippen molar-refractivity contribution in [1.82, 2.24) is 28.2 Å². The number of nitrogens with two attached hydrogens (primary N) is 3. The van der Waals surface area contributed by atoms with Gasteiger partial charge in [0.1, 0.15) is 17.5 Å². The molecule has 1 saturated carbocycles. The van der Waals surface area contributed by atoms with E-state index in [1.807, 2.05) is 55.0 Å². The number of morpholine rings is 3. The second kappa shape index (κ2) is 28.9. The van der Waals surface area contributed by atoms with Crippen LogP contribution in [0.2, 0.25) is 30.1 Å². The molecule has 13 rings (SSSR count). The minimum Gasteiger partial charge on any atom is -0.382 e. The summed E-state index contributed by atoms with van der Waals surface area (Å²) in [6.07, 6.45) is 16.9. The molecule has 6 aromatic heterocycles. The first-order valence-corrected chi connectivity index (χ1v) is 32.4. The van der Waals surface area contributed by atoms with E-state index >= 15 is 0 Å². The minimum atomic E-state index is 0.226. The minimum absolute atomic E-state index is 0.226. The van der Waals surface area contributed by atoms with Crippen molar-refractivity contribution in [2.75, 3.05) is 116 Å². The van der Waals surface area contributed by atoms with E-state index in [-0.39, 0.29) is 6.04 Å². The molecule has 3 saturated heterocycles. The Kier molecular flexibility index (Phi) is 20.9. The molecule has 9 heterocycles. The molecule has 3 aromatic carbocycles. The van der Waals surface area contributed by atoms with Gasteiger partial charge in [-0.1, -0.05) is 101 Å². The van der Waals surface area contributed by atoms with Crippen molar-refractivity contribution in [2.45, 2.75) is 78.2 Å². The zero-order valence-corrected chi connectivity index (χ0v) is 54.2. The van der Waals surface area contributed by atoms with Gasteiger partial charge in [0.25, 0.3) is 0 Å². The fourth-order valence-electron chi connectivity index (χ4n) is 12.2.